The lowest BCUT2D eigenvalue weighted by molar-refractivity contribution is -0.114. The van der Waals surface area contributed by atoms with E-state index in [0.29, 0.717) is 11.7 Å². The minimum absolute atomic E-state index is 0.386. The van der Waals surface area contributed by atoms with Crippen LogP contribution in [-0.4, -0.2) is 5.78 Å². The topological polar surface area (TPSA) is 17.1 Å². The molecule has 2 rings (SSSR count). The fourth-order valence-electron chi connectivity index (χ4n) is 2.09. The fourth-order valence-corrected chi connectivity index (χ4v) is 2.09. The molecule has 0 spiro atoms. The number of rotatable bonds is 0. The van der Waals surface area contributed by atoms with Crippen molar-refractivity contribution in [3.8, 4) is 0 Å². The van der Waals surface area contributed by atoms with E-state index in [1.165, 1.54) is 5.57 Å². The minimum atomic E-state index is 0.386. The van der Waals surface area contributed by atoms with Gasteiger partial charge in [0.25, 0.3) is 0 Å². The van der Waals surface area contributed by atoms with Gasteiger partial charge in [0, 0.05) is 12.0 Å². The van der Waals surface area contributed by atoms with Crippen molar-refractivity contribution in [1.29, 1.82) is 0 Å². The number of fused-ring (bicyclic) bond motifs is 1. The van der Waals surface area contributed by atoms with Crippen molar-refractivity contribution >= 4 is 5.78 Å². The van der Waals surface area contributed by atoms with Crippen LogP contribution in [0.25, 0.3) is 0 Å². The molecule has 2 aliphatic rings. The highest BCUT2D eigenvalue weighted by Gasteiger charge is 2.30. The van der Waals surface area contributed by atoms with Gasteiger partial charge in [-0.1, -0.05) is 12.2 Å². The van der Waals surface area contributed by atoms with E-state index < -0.39 is 0 Å². The second-order valence-corrected chi connectivity index (χ2v) is 3.39. The standard InChI is InChI=1S/C10H12O/c1-7-3-2-4-8-5-6-9(11)10(7)8/h2-3,8H,4-6H2,1H3. The summed E-state index contributed by atoms with van der Waals surface area (Å²) in [4.78, 5) is 11.3. The van der Waals surface area contributed by atoms with E-state index in [1.807, 2.05) is 6.92 Å². The summed E-state index contributed by atoms with van der Waals surface area (Å²) in [5.74, 6) is 0.948. The van der Waals surface area contributed by atoms with E-state index in [1.54, 1.807) is 0 Å². The summed E-state index contributed by atoms with van der Waals surface area (Å²) >= 11 is 0. The van der Waals surface area contributed by atoms with Crippen LogP contribution in [0.2, 0.25) is 0 Å². The normalized spacial score (nSPS) is 29.5. The predicted octanol–water partition coefficient (Wildman–Crippen LogP) is 2.24. The van der Waals surface area contributed by atoms with Gasteiger partial charge >= 0.3 is 0 Å². The highest BCUT2D eigenvalue weighted by Crippen LogP contribution is 2.36. The summed E-state index contributed by atoms with van der Waals surface area (Å²) < 4.78 is 0. The average Bonchev–Trinajstić information content (AvgIpc) is 2.34. The third-order valence-corrected chi connectivity index (χ3v) is 2.64. The van der Waals surface area contributed by atoms with Crippen molar-refractivity contribution in [3.05, 3.63) is 23.3 Å². The van der Waals surface area contributed by atoms with Crippen LogP contribution in [0.15, 0.2) is 23.3 Å². The maximum Gasteiger partial charge on any atom is 0.159 e. The Labute approximate surface area is 66.8 Å². The Morgan fingerprint density at radius 3 is 3.09 bits per heavy atom. The summed E-state index contributed by atoms with van der Waals surface area (Å²) in [6.07, 6.45) is 7.20. The summed E-state index contributed by atoms with van der Waals surface area (Å²) in [5, 5.41) is 0. The molecule has 0 aromatic rings. The van der Waals surface area contributed by atoms with Gasteiger partial charge < -0.3 is 0 Å². The maximum absolute atomic E-state index is 11.3. The highest BCUT2D eigenvalue weighted by molar-refractivity contribution is 5.99. The van der Waals surface area contributed by atoms with Crippen LogP contribution in [-0.2, 0) is 4.79 Å². The molecule has 2 aliphatic carbocycles. The predicted molar refractivity (Wildman–Crippen MR) is 44.2 cm³/mol. The average molecular weight is 148 g/mol. The third-order valence-electron chi connectivity index (χ3n) is 2.64. The Morgan fingerprint density at radius 2 is 2.36 bits per heavy atom. The van der Waals surface area contributed by atoms with Crippen molar-refractivity contribution in [3.63, 3.8) is 0 Å². The lowest BCUT2D eigenvalue weighted by Crippen LogP contribution is -2.05. The molecule has 0 N–H and O–H groups in total. The van der Waals surface area contributed by atoms with Crippen molar-refractivity contribution < 1.29 is 4.79 Å². The zero-order valence-electron chi connectivity index (χ0n) is 6.76. The zero-order chi connectivity index (χ0) is 7.84. The smallest absolute Gasteiger partial charge is 0.159 e. The molecule has 58 valence electrons. The Kier molecular flexibility index (Phi) is 1.45. The molecule has 0 radical (unpaired) electrons. The monoisotopic (exact) mass is 148 g/mol. The second kappa shape index (κ2) is 2.33. The van der Waals surface area contributed by atoms with E-state index in [2.05, 4.69) is 12.2 Å². The van der Waals surface area contributed by atoms with Crippen LogP contribution in [0.4, 0.5) is 0 Å². The molecule has 0 aromatic heterocycles. The molecule has 0 amide bonds. The van der Waals surface area contributed by atoms with Crippen LogP contribution in [0.3, 0.4) is 0 Å². The van der Waals surface area contributed by atoms with Gasteiger partial charge in [0.1, 0.15) is 0 Å². The first-order valence-electron chi connectivity index (χ1n) is 4.19. The van der Waals surface area contributed by atoms with Gasteiger partial charge in [-0.05, 0) is 31.3 Å². The van der Waals surface area contributed by atoms with Crippen LogP contribution >= 0.6 is 0 Å². The number of carbonyl (C=O) groups is 1. The van der Waals surface area contributed by atoms with Gasteiger partial charge in [-0.25, -0.2) is 0 Å². The first-order valence-corrected chi connectivity index (χ1v) is 4.19. The molecular weight excluding hydrogens is 136 g/mol. The molecule has 0 aromatic carbocycles. The lowest BCUT2D eigenvalue weighted by atomic mass is 9.90. The first-order chi connectivity index (χ1) is 5.29. The molecule has 1 nitrogen and oxygen atoms in total. The quantitative estimate of drug-likeness (QED) is 0.515. The summed E-state index contributed by atoms with van der Waals surface area (Å²) in [5.41, 5.74) is 2.32. The molecular formula is C10H12O. The Hall–Kier alpha value is -0.850. The lowest BCUT2D eigenvalue weighted by Gasteiger charge is -2.14. The van der Waals surface area contributed by atoms with E-state index in [-0.39, 0.29) is 0 Å². The van der Waals surface area contributed by atoms with Crippen LogP contribution < -0.4 is 0 Å². The third kappa shape index (κ3) is 0.953. The van der Waals surface area contributed by atoms with Gasteiger partial charge in [-0.2, -0.15) is 0 Å². The second-order valence-electron chi connectivity index (χ2n) is 3.39. The molecule has 11 heavy (non-hydrogen) atoms. The number of ketones is 1. The highest BCUT2D eigenvalue weighted by atomic mass is 16.1. The molecule has 1 fully saturated rings. The summed E-state index contributed by atoms with van der Waals surface area (Å²) in [6, 6.07) is 0. The largest absolute Gasteiger partial charge is 0.295 e. The van der Waals surface area contributed by atoms with Crippen molar-refractivity contribution in [2.45, 2.75) is 26.2 Å². The number of hydrogen-bond donors (Lipinski definition) is 0. The number of allylic oxidation sites excluding steroid dienone is 4. The van der Waals surface area contributed by atoms with Crippen molar-refractivity contribution in [2.75, 3.05) is 0 Å². The molecule has 0 heterocycles. The number of Topliss-reactive ketones (excluding diaryl/α,β-unsaturated/α-hetero) is 1. The van der Waals surface area contributed by atoms with Crippen LogP contribution in [0.1, 0.15) is 26.2 Å². The maximum atomic E-state index is 11.3. The van der Waals surface area contributed by atoms with E-state index in [9.17, 15) is 4.79 Å². The minimum Gasteiger partial charge on any atom is -0.295 e. The molecule has 1 saturated carbocycles. The summed E-state index contributed by atoms with van der Waals surface area (Å²) in [6.45, 7) is 2.04. The molecule has 0 bridgehead atoms. The molecule has 0 aliphatic heterocycles. The summed E-state index contributed by atoms with van der Waals surface area (Å²) in [7, 11) is 0. The van der Waals surface area contributed by atoms with Gasteiger partial charge in [0.05, 0.1) is 0 Å². The number of hydrogen-bond acceptors (Lipinski definition) is 1. The Balaban J connectivity index is 2.44. The van der Waals surface area contributed by atoms with Crippen LogP contribution in [0.5, 0.6) is 0 Å². The van der Waals surface area contributed by atoms with E-state index in [0.717, 1.165) is 24.8 Å². The SMILES string of the molecule is CC1=C2C(=O)CCC2CC=C1. The zero-order valence-corrected chi connectivity index (χ0v) is 6.76. The van der Waals surface area contributed by atoms with Crippen LogP contribution in [0, 0.1) is 5.92 Å². The van der Waals surface area contributed by atoms with Gasteiger partial charge in [0.2, 0.25) is 0 Å². The van der Waals surface area contributed by atoms with Gasteiger partial charge in [-0.3, -0.25) is 4.79 Å². The first kappa shape index (κ1) is 6.84. The number of carbonyl (C=O) groups excluding carboxylic acids is 1. The molecule has 1 atom stereocenters. The van der Waals surface area contributed by atoms with Gasteiger partial charge in [0.15, 0.2) is 5.78 Å². The molecule has 1 unspecified atom stereocenters. The van der Waals surface area contributed by atoms with E-state index >= 15 is 0 Å². The van der Waals surface area contributed by atoms with Gasteiger partial charge in [-0.15, -0.1) is 0 Å². The Morgan fingerprint density at radius 1 is 1.55 bits per heavy atom. The van der Waals surface area contributed by atoms with Crippen molar-refractivity contribution in [1.82, 2.24) is 0 Å². The molecule has 1 heteroatoms. The Bertz CT molecular complexity index is 258. The fraction of sp³-hybridized carbons (Fsp3) is 0.500. The van der Waals surface area contributed by atoms with E-state index in [4.69, 9.17) is 0 Å². The van der Waals surface area contributed by atoms with Crippen molar-refractivity contribution in [2.24, 2.45) is 5.92 Å². The molecule has 0 saturated heterocycles.